The second-order valence-electron chi connectivity index (χ2n) is 4.62. The number of aromatic nitrogens is 1. The van der Waals surface area contributed by atoms with Crippen LogP contribution in [0.15, 0.2) is 24.4 Å². The molecule has 0 saturated carbocycles. The topological polar surface area (TPSA) is 42.2 Å². The van der Waals surface area contributed by atoms with E-state index in [9.17, 15) is 18.0 Å². The monoisotopic (exact) mass is 317 g/mol. The maximum atomic E-state index is 13.2. The predicted molar refractivity (Wildman–Crippen MR) is 72.6 cm³/mol. The van der Waals surface area contributed by atoms with E-state index >= 15 is 0 Å². The fourth-order valence-electron chi connectivity index (χ4n) is 2.31. The van der Waals surface area contributed by atoms with Crippen molar-refractivity contribution in [1.29, 1.82) is 0 Å². The average molecular weight is 318 g/mol. The molecule has 1 N–H and O–H groups in total. The van der Waals surface area contributed by atoms with Gasteiger partial charge in [0, 0.05) is 23.8 Å². The molecule has 0 radical (unpaired) electrons. The van der Waals surface area contributed by atoms with E-state index in [1.165, 1.54) is 36.9 Å². The SMILES string of the molecule is Cc1c(C(=O)O)cn(C)c1-c1ccc(Cl)cc1C(F)(F)F. The van der Waals surface area contributed by atoms with E-state index in [1.807, 2.05) is 0 Å². The summed E-state index contributed by atoms with van der Waals surface area (Å²) in [5.74, 6) is -1.18. The van der Waals surface area contributed by atoms with Crippen molar-refractivity contribution in [1.82, 2.24) is 4.57 Å². The molecule has 0 amide bonds. The van der Waals surface area contributed by atoms with Crippen LogP contribution in [0.5, 0.6) is 0 Å². The average Bonchev–Trinajstić information content (AvgIpc) is 2.64. The number of hydrogen-bond acceptors (Lipinski definition) is 1. The van der Waals surface area contributed by atoms with Crippen LogP contribution in [0.1, 0.15) is 21.5 Å². The highest BCUT2D eigenvalue weighted by Gasteiger charge is 2.35. The summed E-state index contributed by atoms with van der Waals surface area (Å²) in [6.45, 7) is 1.48. The quantitative estimate of drug-likeness (QED) is 0.893. The molecular formula is C14H11ClF3NO2. The Balaban J connectivity index is 2.77. The fourth-order valence-corrected chi connectivity index (χ4v) is 2.48. The zero-order chi connectivity index (χ0) is 15.9. The molecule has 1 heterocycles. The van der Waals surface area contributed by atoms with Gasteiger partial charge in [-0.2, -0.15) is 13.2 Å². The first-order valence-corrected chi connectivity index (χ1v) is 6.27. The molecule has 0 saturated heterocycles. The minimum atomic E-state index is -4.58. The molecule has 0 atom stereocenters. The Hall–Kier alpha value is -1.95. The van der Waals surface area contributed by atoms with Crippen LogP contribution in [0, 0.1) is 6.92 Å². The number of aromatic carboxylic acids is 1. The van der Waals surface area contributed by atoms with Crippen molar-refractivity contribution in [2.45, 2.75) is 13.1 Å². The Morgan fingerprint density at radius 2 is 1.95 bits per heavy atom. The van der Waals surface area contributed by atoms with E-state index < -0.39 is 17.7 Å². The van der Waals surface area contributed by atoms with Crippen molar-refractivity contribution < 1.29 is 23.1 Å². The Morgan fingerprint density at radius 3 is 2.43 bits per heavy atom. The van der Waals surface area contributed by atoms with Gasteiger partial charge in [-0.3, -0.25) is 0 Å². The first-order chi connectivity index (χ1) is 9.62. The summed E-state index contributed by atoms with van der Waals surface area (Å²) < 4.78 is 40.8. The first-order valence-electron chi connectivity index (χ1n) is 5.89. The van der Waals surface area contributed by atoms with Crippen LogP contribution in [0.2, 0.25) is 5.02 Å². The molecule has 1 aromatic carbocycles. The van der Waals surface area contributed by atoms with Gasteiger partial charge in [0.05, 0.1) is 16.8 Å². The number of hydrogen-bond donors (Lipinski definition) is 1. The maximum absolute atomic E-state index is 13.2. The highest BCUT2D eigenvalue weighted by molar-refractivity contribution is 6.30. The van der Waals surface area contributed by atoms with Crippen LogP contribution >= 0.6 is 11.6 Å². The van der Waals surface area contributed by atoms with E-state index in [0.717, 1.165) is 6.07 Å². The Morgan fingerprint density at radius 1 is 1.33 bits per heavy atom. The van der Waals surface area contributed by atoms with Crippen LogP contribution in [0.3, 0.4) is 0 Å². The van der Waals surface area contributed by atoms with Crippen molar-refractivity contribution in [3.63, 3.8) is 0 Å². The zero-order valence-corrected chi connectivity index (χ0v) is 11.9. The largest absolute Gasteiger partial charge is 0.478 e. The van der Waals surface area contributed by atoms with Crippen LogP contribution in [0.25, 0.3) is 11.3 Å². The molecule has 1 aromatic heterocycles. The van der Waals surface area contributed by atoms with Gasteiger partial charge in [-0.15, -0.1) is 0 Å². The molecule has 2 rings (SSSR count). The van der Waals surface area contributed by atoms with E-state index in [4.69, 9.17) is 16.7 Å². The molecule has 2 aromatic rings. The van der Waals surface area contributed by atoms with Crippen molar-refractivity contribution in [3.05, 3.63) is 46.1 Å². The third kappa shape index (κ3) is 2.76. The normalized spacial score (nSPS) is 11.7. The van der Waals surface area contributed by atoms with Crippen molar-refractivity contribution in [2.75, 3.05) is 0 Å². The summed E-state index contributed by atoms with van der Waals surface area (Å²) in [6, 6.07) is 3.43. The second-order valence-corrected chi connectivity index (χ2v) is 5.06. The molecule has 112 valence electrons. The third-order valence-electron chi connectivity index (χ3n) is 3.21. The lowest BCUT2D eigenvalue weighted by Gasteiger charge is -2.15. The van der Waals surface area contributed by atoms with Crippen molar-refractivity contribution in [3.8, 4) is 11.3 Å². The standard InChI is InChI=1S/C14H11ClF3NO2/c1-7-10(13(20)21)6-19(2)12(7)9-4-3-8(15)5-11(9)14(16,17)18/h3-6H,1-2H3,(H,20,21). The smallest absolute Gasteiger partial charge is 0.417 e. The molecule has 0 aliphatic carbocycles. The van der Waals surface area contributed by atoms with Gasteiger partial charge in [0.1, 0.15) is 0 Å². The van der Waals surface area contributed by atoms with E-state index in [1.54, 1.807) is 0 Å². The molecular weight excluding hydrogens is 307 g/mol. The number of nitrogens with zero attached hydrogens (tertiary/aromatic N) is 1. The summed E-state index contributed by atoms with van der Waals surface area (Å²) in [7, 11) is 1.50. The Kier molecular flexibility index (Phi) is 3.76. The van der Waals surface area contributed by atoms with Gasteiger partial charge in [-0.25, -0.2) is 4.79 Å². The number of benzene rings is 1. The number of carbonyl (C=O) groups is 1. The van der Waals surface area contributed by atoms with Crippen molar-refractivity contribution >= 4 is 17.6 Å². The van der Waals surface area contributed by atoms with Gasteiger partial charge >= 0.3 is 12.1 Å². The number of halogens is 4. The van der Waals surface area contributed by atoms with Gasteiger partial charge in [0.15, 0.2) is 0 Å². The summed E-state index contributed by atoms with van der Waals surface area (Å²) in [5.41, 5.74) is -0.541. The Bertz CT molecular complexity index is 720. The van der Waals surface area contributed by atoms with Gasteiger partial charge in [-0.1, -0.05) is 17.7 Å². The van der Waals surface area contributed by atoms with Crippen LogP contribution < -0.4 is 0 Å². The molecule has 0 bridgehead atoms. The van der Waals surface area contributed by atoms with Gasteiger partial charge in [-0.05, 0) is 24.6 Å². The van der Waals surface area contributed by atoms with Gasteiger partial charge in [0.2, 0.25) is 0 Å². The lowest BCUT2D eigenvalue weighted by Crippen LogP contribution is -2.08. The third-order valence-corrected chi connectivity index (χ3v) is 3.44. The number of aryl methyl sites for hydroxylation is 1. The lowest BCUT2D eigenvalue weighted by molar-refractivity contribution is -0.137. The molecule has 0 spiro atoms. The lowest BCUT2D eigenvalue weighted by atomic mass is 10.00. The summed E-state index contributed by atoms with van der Waals surface area (Å²) in [4.78, 5) is 11.1. The number of carboxylic acid groups (broad SMARTS) is 1. The molecule has 21 heavy (non-hydrogen) atoms. The minimum absolute atomic E-state index is 0.0311. The van der Waals surface area contributed by atoms with E-state index in [-0.39, 0.29) is 27.4 Å². The molecule has 0 aliphatic rings. The van der Waals surface area contributed by atoms with Crippen LogP contribution in [-0.2, 0) is 13.2 Å². The molecule has 7 heteroatoms. The molecule has 0 aliphatic heterocycles. The number of rotatable bonds is 2. The van der Waals surface area contributed by atoms with Crippen LogP contribution in [-0.4, -0.2) is 15.6 Å². The molecule has 0 fully saturated rings. The van der Waals surface area contributed by atoms with Crippen LogP contribution in [0.4, 0.5) is 13.2 Å². The molecule has 3 nitrogen and oxygen atoms in total. The first kappa shape index (κ1) is 15.4. The van der Waals surface area contributed by atoms with E-state index in [0.29, 0.717) is 0 Å². The zero-order valence-electron chi connectivity index (χ0n) is 11.1. The summed E-state index contributed by atoms with van der Waals surface area (Å²) in [6.07, 6.45) is -3.29. The number of carboxylic acids is 1. The van der Waals surface area contributed by atoms with E-state index in [2.05, 4.69) is 0 Å². The van der Waals surface area contributed by atoms with Gasteiger partial charge < -0.3 is 9.67 Å². The highest BCUT2D eigenvalue weighted by Crippen LogP contribution is 2.40. The summed E-state index contributed by atoms with van der Waals surface area (Å²) in [5, 5.41) is 9.04. The maximum Gasteiger partial charge on any atom is 0.417 e. The predicted octanol–water partition coefficient (Wildman–Crippen LogP) is 4.37. The minimum Gasteiger partial charge on any atom is -0.478 e. The van der Waals surface area contributed by atoms with Crippen molar-refractivity contribution in [2.24, 2.45) is 7.05 Å². The Labute approximate surface area is 123 Å². The fraction of sp³-hybridized carbons (Fsp3) is 0.214. The highest BCUT2D eigenvalue weighted by atomic mass is 35.5. The van der Waals surface area contributed by atoms with Gasteiger partial charge in [0.25, 0.3) is 0 Å². The molecule has 0 unspecified atom stereocenters. The second kappa shape index (κ2) is 5.11. The number of alkyl halides is 3. The summed E-state index contributed by atoms with van der Waals surface area (Å²) >= 11 is 5.64.